The lowest BCUT2D eigenvalue weighted by Gasteiger charge is -2.00. The standard InChI is InChI=1S/C14H8O2/c15-8-9-4-3-7-11-10-5-1-2-6-12(10)14(16)13(9)11/h1-8H. The maximum Gasteiger partial charge on any atom is 0.194 e. The molecule has 2 aromatic carbocycles. The molecule has 1 aliphatic carbocycles. The molecule has 0 aromatic heterocycles. The van der Waals surface area contributed by atoms with Gasteiger partial charge in [0.2, 0.25) is 0 Å². The molecule has 0 bridgehead atoms. The van der Waals surface area contributed by atoms with Crippen molar-refractivity contribution in [3.05, 3.63) is 59.2 Å². The average Bonchev–Trinajstić information content (AvgIpc) is 2.64. The summed E-state index contributed by atoms with van der Waals surface area (Å²) in [7, 11) is 0. The Hall–Kier alpha value is -2.22. The van der Waals surface area contributed by atoms with E-state index in [-0.39, 0.29) is 5.78 Å². The molecule has 0 N–H and O–H groups in total. The SMILES string of the molecule is O=Cc1cccc2c1C(=O)c1ccccc1-2. The summed E-state index contributed by atoms with van der Waals surface area (Å²) in [5.41, 5.74) is 3.49. The number of hydrogen-bond donors (Lipinski definition) is 0. The van der Waals surface area contributed by atoms with E-state index >= 15 is 0 Å². The average molecular weight is 208 g/mol. The first-order valence-electron chi connectivity index (χ1n) is 5.05. The summed E-state index contributed by atoms with van der Waals surface area (Å²) in [6.45, 7) is 0. The van der Waals surface area contributed by atoms with Crippen LogP contribution in [0.2, 0.25) is 0 Å². The van der Waals surface area contributed by atoms with Gasteiger partial charge in [0.1, 0.15) is 0 Å². The molecule has 0 amide bonds. The lowest BCUT2D eigenvalue weighted by molar-refractivity contribution is 0.103. The molecule has 16 heavy (non-hydrogen) atoms. The van der Waals surface area contributed by atoms with Gasteiger partial charge in [-0.15, -0.1) is 0 Å². The first-order chi connectivity index (χ1) is 7.83. The van der Waals surface area contributed by atoms with E-state index in [0.717, 1.165) is 17.4 Å². The van der Waals surface area contributed by atoms with Crippen molar-refractivity contribution in [1.82, 2.24) is 0 Å². The molecule has 0 unspecified atom stereocenters. The number of rotatable bonds is 1. The minimum Gasteiger partial charge on any atom is -0.298 e. The highest BCUT2D eigenvalue weighted by atomic mass is 16.1. The Morgan fingerprint density at radius 3 is 2.25 bits per heavy atom. The van der Waals surface area contributed by atoms with Gasteiger partial charge < -0.3 is 0 Å². The van der Waals surface area contributed by atoms with Gasteiger partial charge in [-0.2, -0.15) is 0 Å². The van der Waals surface area contributed by atoms with Crippen LogP contribution < -0.4 is 0 Å². The van der Waals surface area contributed by atoms with E-state index in [1.807, 2.05) is 24.3 Å². The molecule has 76 valence electrons. The highest BCUT2D eigenvalue weighted by Crippen LogP contribution is 2.37. The summed E-state index contributed by atoms with van der Waals surface area (Å²) < 4.78 is 0. The summed E-state index contributed by atoms with van der Waals surface area (Å²) in [5.74, 6) is -0.0479. The van der Waals surface area contributed by atoms with Gasteiger partial charge in [0.25, 0.3) is 0 Å². The van der Waals surface area contributed by atoms with Crippen LogP contribution in [0.3, 0.4) is 0 Å². The van der Waals surface area contributed by atoms with Crippen molar-refractivity contribution >= 4 is 12.1 Å². The van der Waals surface area contributed by atoms with Crippen LogP contribution in [0.15, 0.2) is 42.5 Å². The van der Waals surface area contributed by atoms with Crippen molar-refractivity contribution in [3.63, 3.8) is 0 Å². The number of hydrogen-bond acceptors (Lipinski definition) is 2. The van der Waals surface area contributed by atoms with Crippen LogP contribution in [0.4, 0.5) is 0 Å². The molecule has 2 heteroatoms. The van der Waals surface area contributed by atoms with E-state index in [9.17, 15) is 9.59 Å². The topological polar surface area (TPSA) is 34.1 Å². The molecular weight excluding hydrogens is 200 g/mol. The second-order valence-corrected chi connectivity index (χ2v) is 3.76. The Bertz CT molecular complexity index is 612. The molecular formula is C14H8O2. The second-order valence-electron chi connectivity index (χ2n) is 3.76. The maximum atomic E-state index is 12.1. The van der Waals surface area contributed by atoms with E-state index in [1.54, 1.807) is 18.2 Å². The van der Waals surface area contributed by atoms with Crippen molar-refractivity contribution < 1.29 is 9.59 Å². The highest BCUT2D eigenvalue weighted by molar-refractivity contribution is 6.24. The monoisotopic (exact) mass is 208 g/mol. The third kappa shape index (κ3) is 1.01. The zero-order valence-electron chi connectivity index (χ0n) is 8.44. The number of fused-ring (bicyclic) bond motifs is 3. The van der Waals surface area contributed by atoms with Crippen molar-refractivity contribution in [2.75, 3.05) is 0 Å². The largest absolute Gasteiger partial charge is 0.298 e. The van der Waals surface area contributed by atoms with Gasteiger partial charge in [0.05, 0.1) is 0 Å². The summed E-state index contributed by atoms with van der Waals surface area (Å²) in [6, 6.07) is 12.8. The molecule has 0 radical (unpaired) electrons. The predicted molar refractivity (Wildman–Crippen MR) is 60.7 cm³/mol. The number of benzene rings is 2. The number of ketones is 1. The quantitative estimate of drug-likeness (QED) is 0.576. The van der Waals surface area contributed by atoms with E-state index in [4.69, 9.17) is 0 Å². The zero-order valence-corrected chi connectivity index (χ0v) is 8.44. The van der Waals surface area contributed by atoms with E-state index in [1.165, 1.54) is 0 Å². The van der Waals surface area contributed by atoms with E-state index in [2.05, 4.69) is 0 Å². The third-order valence-corrected chi connectivity index (χ3v) is 2.91. The van der Waals surface area contributed by atoms with Gasteiger partial charge in [0, 0.05) is 16.7 Å². The molecule has 0 fully saturated rings. The van der Waals surface area contributed by atoms with Gasteiger partial charge in [0.15, 0.2) is 12.1 Å². The van der Waals surface area contributed by atoms with Crippen molar-refractivity contribution in [3.8, 4) is 11.1 Å². The van der Waals surface area contributed by atoms with Gasteiger partial charge in [-0.25, -0.2) is 0 Å². The normalized spacial score (nSPS) is 12.1. The summed E-state index contributed by atoms with van der Waals surface area (Å²) in [5, 5.41) is 0. The minimum atomic E-state index is -0.0479. The van der Waals surface area contributed by atoms with Crippen LogP contribution in [0.25, 0.3) is 11.1 Å². The summed E-state index contributed by atoms with van der Waals surface area (Å²) in [6.07, 6.45) is 0.739. The Morgan fingerprint density at radius 1 is 0.812 bits per heavy atom. The Kier molecular flexibility index (Phi) is 1.77. The minimum absolute atomic E-state index is 0.0479. The van der Waals surface area contributed by atoms with Crippen molar-refractivity contribution in [1.29, 1.82) is 0 Å². The van der Waals surface area contributed by atoms with Crippen LogP contribution in [-0.2, 0) is 0 Å². The van der Waals surface area contributed by atoms with Crippen molar-refractivity contribution in [2.24, 2.45) is 0 Å². The van der Waals surface area contributed by atoms with Crippen LogP contribution in [0, 0.1) is 0 Å². The van der Waals surface area contributed by atoms with Gasteiger partial charge in [-0.05, 0) is 11.1 Å². The first-order valence-corrected chi connectivity index (χ1v) is 5.05. The van der Waals surface area contributed by atoms with Crippen LogP contribution in [0.5, 0.6) is 0 Å². The smallest absolute Gasteiger partial charge is 0.194 e. The van der Waals surface area contributed by atoms with Crippen LogP contribution in [-0.4, -0.2) is 12.1 Å². The molecule has 2 aromatic rings. The van der Waals surface area contributed by atoms with Crippen LogP contribution >= 0.6 is 0 Å². The second kappa shape index (κ2) is 3.14. The fraction of sp³-hybridized carbons (Fsp3) is 0. The molecule has 0 heterocycles. The lowest BCUT2D eigenvalue weighted by atomic mass is 10.0. The zero-order chi connectivity index (χ0) is 11.1. The fourth-order valence-electron chi connectivity index (χ4n) is 2.20. The molecule has 0 saturated carbocycles. The Morgan fingerprint density at radius 2 is 1.50 bits per heavy atom. The van der Waals surface area contributed by atoms with Gasteiger partial charge >= 0.3 is 0 Å². The van der Waals surface area contributed by atoms with E-state index in [0.29, 0.717) is 16.7 Å². The lowest BCUT2D eigenvalue weighted by Crippen LogP contribution is -1.99. The van der Waals surface area contributed by atoms with Gasteiger partial charge in [-0.3, -0.25) is 9.59 Å². The third-order valence-electron chi connectivity index (χ3n) is 2.91. The molecule has 0 atom stereocenters. The summed E-state index contributed by atoms with van der Waals surface area (Å²) >= 11 is 0. The van der Waals surface area contributed by atoms with E-state index < -0.39 is 0 Å². The molecule has 2 nitrogen and oxygen atoms in total. The number of carbonyl (C=O) groups is 2. The molecule has 0 saturated heterocycles. The van der Waals surface area contributed by atoms with Crippen molar-refractivity contribution in [2.45, 2.75) is 0 Å². The Labute approximate surface area is 92.5 Å². The molecule has 1 aliphatic rings. The van der Waals surface area contributed by atoms with Gasteiger partial charge in [-0.1, -0.05) is 42.5 Å². The molecule has 0 aliphatic heterocycles. The molecule has 0 spiro atoms. The fourth-order valence-corrected chi connectivity index (χ4v) is 2.20. The number of aldehydes is 1. The maximum absolute atomic E-state index is 12.1. The van der Waals surface area contributed by atoms with Crippen LogP contribution in [0.1, 0.15) is 26.3 Å². The first kappa shape index (κ1) is 9.04. The highest BCUT2D eigenvalue weighted by Gasteiger charge is 2.28. The number of carbonyl (C=O) groups excluding carboxylic acids is 2. The Balaban J connectivity index is 2.41. The molecule has 3 rings (SSSR count). The predicted octanol–water partition coefficient (Wildman–Crippen LogP) is 2.71. The summed E-state index contributed by atoms with van der Waals surface area (Å²) in [4.78, 5) is 23.0.